The predicted molar refractivity (Wildman–Crippen MR) is 103 cm³/mol. The van der Waals surface area contributed by atoms with Crippen molar-refractivity contribution in [2.45, 2.75) is 26.8 Å². The molecule has 0 fully saturated rings. The van der Waals surface area contributed by atoms with Gasteiger partial charge in [-0.2, -0.15) is 0 Å². The van der Waals surface area contributed by atoms with Gasteiger partial charge in [-0.25, -0.2) is 0 Å². The molecule has 0 radical (unpaired) electrons. The molecule has 0 bridgehead atoms. The first-order chi connectivity index (χ1) is 11.9. The lowest BCUT2D eigenvalue weighted by atomic mass is 9.96. The number of hydrogen-bond donors (Lipinski definition) is 2. The van der Waals surface area contributed by atoms with Crippen LogP contribution in [0.15, 0.2) is 42.5 Å². The maximum atomic E-state index is 12.3. The van der Waals surface area contributed by atoms with Gasteiger partial charge in [-0.15, -0.1) is 0 Å². The van der Waals surface area contributed by atoms with Gasteiger partial charge in [-0.1, -0.05) is 43.6 Å². The summed E-state index contributed by atoms with van der Waals surface area (Å²) in [5, 5.41) is 6.89. The highest BCUT2D eigenvalue weighted by Crippen LogP contribution is 2.24. The Balaban J connectivity index is 2.00. The van der Waals surface area contributed by atoms with Gasteiger partial charge in [-0.3, -0.25) is 4.79 Å². The molecule has 0 saturated heterocycles. The molecule has 0 aromatic heterocycles. The molecular formula is C20H25ClN2O2. The summed E-state index contributed by atoms with van der Waals surface area (Å²) in [7, 11) is 1.65. The highest BCUT2D eigenvalue weighted by Gasteiger charge is 2.17. The quantitative estimate of drug-likeness (QED) is 0.759. The molecule has 25 heavy (non-hydrogen) atoms. The second-order valence-corrected chi connectivity index (χ2v) is 6.74. The maximum Gasteiger partial charge on any atom is 0.238 e. The number of amides is 1. The topological polar surface area (TPSA) is 50.4 Å². The number of ether oxygens (including phenoxy) is 1. The smallest absolute Gasteiger partial charge is 0.238 e. The van der Waals surface area contributed by atoms with Crippen molar-refractivity contribution in [3.63, 3.8) is 0 Å². The molecule has 0 spiro atoms. The van der Waals surface area contributed by atoms with Crippen LogP contribution in [-0.4, -0.2) is 19.6 Å². The second-order valence-electron chi connectivity index (χ2n) is 6.34. The molecule has 0 heterocycles. The van der Waals surface area contributed by atoms with Crippen molar-refractivity contribution < 1.29 is 9.53 Å². The first-order valence-corrected chi connectivity index (χ1v) is 8.72. The number of methoxy groups -OCH3 is 1. The van der Waals surface area contributed by atoms with Crippen LogP contribution in [0.25, 0.3) is 0 Å². The van der Waals surface area contributed by atoms with Gasteiger partial charge in [0.15, 0.2) is 0 Å². The van der Waals surface area contributed by atoms with Crippen molar-refractivity contribution in [1.82, 2.24) is 5.32 Å². The van der Waals surface area contributed by atoms with Crippen LogP contribution < -0.4 is 15.4 Å². The van der Waals surface area contributed by atoms with E-state index in [1.807, 2.05) is 49.4 Å². The van der Waals surface area contributed by atoms with Crippen LogP contribution in [0.4, 0.5) is 5.69 Å². The van der Waals surface area contributed by atoms with Crippen molar-refractivity contribution in [3.8, 4) is 5.75 Å². The molecule has 0 saturated carbocycles. The highest BCUT2D eigenvalue weighted by atomic mass is 35.5. The van der Waals surface area contributed by atoms with Gasteiger partial charge in [-0.05, 0) is 48.2 Å². The Hall–Kier alpha value is -2.04. The van der Waals surface area contributed by atoms with Crippen LogP contribution in [0.3, 0.4) is 0 Å². The molecule has 4 nitrogen and oxygen atoms in total. The minimum absolute atomic E-state index is 0.0807. The third-order valence-electron chi connectivity index (χ3n) is 4.17. The number of rotatable bonds is 7. The molecule has 0 aliphatic heterocycles. The van der Waals surface area contributed by atoms with Crippen LogP contribution in [0, 0.1) is 12.8 Å². The highest BCUT2D eigenvalue weighted by molar-refractivity contribution is 6.31. The molecule has 2 N–H and O–H groups in total. The monoisotopic (exact) mass is 360 g/mol. The summed E-state index contributed by atoms with van der Waals surface area (Å²) in [6, 6.07) is 13.5. The minimum Gasteiger partial charge on any atom is -0.497 e. The zero-order valence-electron chi connectivity index (χ0n) is 15.1. The molecule has 1 unspecified atom stereocenters. The lowest BCUT2D eigenvalue weighted by Crippen LogP contribution is -2.33. The standard InChI is InChI=1S/C20H25ClN2O2/c1-13(2)20(15-8-10-16(25-4)11-9-15)22-12-19(24)23-18-7-5-6-17(21)14(18)3/h5-11,13,20,22H,12H2,1-4H3,(H,23,24). The number of carbonyl (C=O) groups excluding carboxylic acids is 1. The van der Waals surface area contributed by atoms with Crippen LogP contribution in [0.1, 0.15) is 31.0 Å². The molecule has 134 valence electrons. The molecule has 2 aromatic carbocycles. The number of benzene rings is 2. The van der Waals surface area contributed by atoms with Crippen molar-refractivity contribution >= 4 is 23.2 Å². The summed E-state index contributed by atoms with van der Waals surface area (Å²) in [6.07, 6.45) is 0. The first-order valence-electron chi connectivity index (χ1n) is 8.34. The molecule has 1 amide bonds. The fourth-order valence-electron chi connectivity index (χ4n) is 2.69. The van der Waals surface area contributed by atoms with Gasteiger partial charge in [0.25, 0.3) is 0 Å². The summed E-state index contributed by atoms with van der Waals surface area (Å²) in [5.41, 5.74) is 2.74. The van der Waals surface area contributed by atoms with Crippen LogP contribution in [0.2, 0.25) is 5.02 Å². The lowest BCUT2D eigenvalue weighted by Gasteiger charge is -2.23. The van der Waals surface area contributed by atoms with Gasteiger partial charge in [0.2, 0.25) is 5.91 Å². The number of nitrogens with one attached hydrogen (secondary N) is 2. The molecule has 1 atom stereocenters. The van der Waals surface area contributed by atoms with Crippen LogP contribution in [0.5, 0.6) is 5.75 Å². The van der Waals surface area contributed by atoms with Crippen LogP contribution in [-0.2, 0) is 4.79 Å². The van der Waals surface area contributed by atoms with Gasteiger partial charge in [0.05, 0.1) is 13.7 Å². The zero-order valence-corrected chi connectivity index (χ0v) is 15.9. The molecule has 5 heteroatoms. The molecular weight excluding hydrogens is 336 g/mol. The number of anilines is 1. The van der Waals surface area contributed by atoms with Gasteiger partial charge in [0.1, 0.15) is 5.75 Å². The Morgan fingerprint density at radius 1 is 1.16 bits per heavy atom. The van der Waals surface area contributed by atoms with E-state index in [0.717, 1.165) is 22.6 Å². The molecule has 2 aromatic rings. The number of carbonyl (C=O) groups is 1. The molecule has 0 aliphatic rings. The summed E-state index contributed by atoms with van der Waals surface area (Å²) in [6.45, 7) is 6.36. The van der Waals surface area contributed by atoms with E-state index >= 15 is 0 Å². The van der Waals surface area contributed by atoms with Gasteiger partial charge < -0.3 is 15.4 Å². The molecule has 2 rings (SSSR count). The van der Waals surface area contributed by atoms with Crippen LogP contribution >= 0.6 is 11.6 Å². The van der Waals surface area contributed by atoms with E-state index in [-0.39, 0.29) is 18.5 Å². The SMILES string of the molecule is COc1ccc(C(NCC(=O)Nc2cccc(Cl)c2C)C(C)C)cc1. The maximum absolute atomic E-state index is 12.3. The Kier molecular flexibility index (Phi) is 6.85. The lowest BCUT2D eigenvalue weighted by molar-refractivity contribution is -0.115. The Morgan fingerprint density at radius 2 is 1.84 bits per heavy atom. The summed E-state index contributed by atoms with van der Waals surface area (Å²) < 4.78 is 5.20. The second kappa shape index (κ2) is 8.88. The van der Waals surface area contributed by atoms with E-state index in [1.165, 1.54) is 0 Å². The number of hydrogen-bond acceptors (Lipinski definition) is 3. The largest absolute Gasteiger partial charge is 0.497 e. The van der Waals surface area contributed by atoms with E-state index in [0.29, 0.717) is 10.9 Å². The average Bonchev–Trinajstić information content (AvgIpc) is 2.59. The van der Waals surface area contributed by atoms with Crippen molar-refractivity contribution in [2.75, 3.05) is 19.0 Å². The van der Waals surface area contributed by atoms with E-state index in [4.69, 9.17) is 16.3 Å². The van der Waals surface area contributed by atoms with E-state index in [9.17, 15) is 4.79 Å². The van der Waals surface area contributed by atoms with Gasteiger partial charge in [0, 0.05) is 16.8 Å². The fraction of sp³-hybridized carbons (Fsp3) is 0.350. The minimum atomic E-state index is -0.0930. The normalized spacial score (nSPS) is 12.1. The van der Waals surface area contributed by atoms with Crippen molar-refractivity contribution in [3.05, 3.63) is 58.6 Å². The zero-order chi connectivity index (χ0) is 18.4. The average molecular weight is 361 g/mol. The Bertz CT molecular complexity index is 714. The van der Waals surface area contributed by atoms with E-state index in [2.05, 4.69) is 24.5 Å². The summed E-state index contributed by atoms with van der Waals surface area (Å²) >= 11 is 6.09. The van der Waals surface area contributed by atoms with Crippen molar-refractivity contribution in [1.29, 1.82) is 0 Å². The Labute approximate surface area is 154 Å². The Morgan fingerprint density at radius 3 is 2.44 bits per heavy atom. The van der Waals surface area contributed by atoms with E-state index in [1.54, 1.807) is 7.11 Å². The number of halogens is 1. The van der Waals surface area contributed by atoms with Gasteiger partial charge >= 0.3 is 0 Å². The molecule has 0 aliphatic carbocycles. The summed E-state index contributed by atoms with van der Waals surface area (Å²) in [4.78, 5) is 12.3. The summed E-state index contributed by atoms with van der Waals surface area (Å²) in [5.74, 6) is 1.07. The third kappa shape index (κ3) is 5.21. The first kappa shape index (κ1) is 19.3. The van der Waals surface area contributed by atoms with Crippen molar-refractivity contribution in [2.24, 2.45) is 5.92 Å². The fourth-order valence-corrected chi connectivity index (χ4v) is 2.86. The predicted octanol–water partition coefficient (Wildman–Crippen LogP) is 4.58. The van der Waals surface area contributed by atoms with E-state index < -0.39 is 0 Å². The third-order valence-corrected chi connectivity index (χ3v) is 4.58.